The first kappa shape index (κ1) is 17.7. The molecule has 1 atom stereocenters. The molecule has 0 saturated heterocycles. The molecule has 2 fully saturated rings. The van der Waals surface area contributed by atoms with Gasteiger partial charge in [0.05, 0.1) is 12.6 Å². The van der Waals surface area contributed by atoms with Crippen molar-refractivity contribution in [2.75, 3.05) is 13.1 Å². The van der Waals surface area contributed by atoms with E-state index < -0.39 is 5.97 Å². The van der Waals surface area contributed by atoms with Crippen LogP contribution in [0.4, 0.5) is 4.79 Å². The zero-order valence-electron chi connectivity index (χ0n) is 14.6. The summed E-state index contributed by atoms with van der Waals surface area (Å²) in [7, 11) is 0. The second-order valence-electron chi connectivity index (χ2n) is 7.12. The third kappa shape index (κ3) is 4.72. The topological polar surface area (TPSA) is 81.7 Å². The van der Waals surface area contributed by atoms with Crippen LogP contribution in [0.5, 0.6) is 0 Å². The zero-order chi connectivity index (χ0) is 17.8. The van der Waals surface area contributed by atoms with Crippen LogP contribution >= 0.6 is 0 Å². The summed E-state index contributed by atoms with van der Waals surface area (Å²) in [6.45, 7) is 2.75. The van der Waals surface area contributed by atoms with Crippen molar-refractivity contribution in [1.82, 2.24) is 15.5 Å². The number of amides is 2. The van der Waals surface area contributed by atoms with Gasteiger partial charge in [0, 0.05) is 12.1 Å². The van der Waals surface area contributed by atoms with E-state index in [4.69, 9.17) is 5.11 Å². The summed E-state index contributed by atoms with van der Waals surface area (Å²) in [4.78, 5) is 25.2. The average Bonchev–Trinajstić information content (AvgIpc) is 3.39. The monoisotopic (exact) mass is 345 g/mol. The van der Waals surface area contributed by atoms with Crippen LogP contribution in [-0.4, -0.2) is 47.2 Å². The number of aliphatic carboxylic acids is 1. The molecule has 1 aromatic rings. The molecule has 0 aliphatic heterocycles. The highest BCUT2D eigenvalue weighted by molar-refractivity contribution is 5.75. The third-order valence-corrected chi connectivity index (χ3v) is 5.25. The Morgan fingerprint density at radius 3 is 2.48 bits per heavy atom. The Bertz CT molecular complexity index is 597. The Balaban J connectivity index is 1.46. The Morgan fingerprint density at radius 1 is 1.24 bits per heavy atom. The quantitative estimate of drug-likeness (QED) is 0.676. The van der Waals surface area contributed by atoms with Crippen LogP contribution in [0.2, 0.25) is 0 Å². The largest absolute Gasteiger partial charge is 0.480 e. The number of likely N-dealkylation sites (N-methyl/N-ethyl adjacent to an activating group) is 1. The van der Waals surface area contributed by atoms with Crippen molar-refractivity contribution in [1.29, 1.82) is 0 Å². The first-order valence-electron chi connectivity index (χ1n) is 9.14. The summed E-state index contributed by atoms with van der Waals surface area (Å²) in [5.74, 6) is -0.264. The van der Waals surface area contributed by atoms with E-state index in [0.717, 1.165) is 31.2 Å². The highest BCUT2D eigenvalue weighted by Crippen LogP contribution is 2.40. The molecule has 6 heteroatoms. The first-order valence-corrected chi connectivity index (χ1v) is 9.14. The number of nitrogens with one attached hydrogen (secondary N) is 2. The van der Waals surface area contributed by atoms with Gasteiger partial charge >= 0.3 is 12.0 Å². The minimum absolute atomic E-state index is 0.0673. The molecule has 0 bridgehead atoms. The Kier molecular flexibility index (Phi) is 5.58. The molecule has 0 heterocycles. The summed E-state index contributed by atoms with van der Waals surface area (Å²) in [6.07, 6.45) is 3.94. The third-order valence-electron chi connectivity index (χ3n) is 5.25. The molecule has 2 saturated carbocycles. The summed E-state index contributed by atoms with van der Waals surface area (Å²) in [5, 5.41) is 15.1. The van der Waals surface area contributed by atoms with Crippen molar-refractivity contribution in [2.45, 2.75) is 50.7 Å². The summed E-state index contributed by atoms with van der Waals surface area (Å²) < 4.78 is 0. The maximum atomic E-state index is 12.4. The molecule has 0 aromatic heterocycles. The smallest absolute Gasteiger partial charge is 0.317 e. The minimum Gasteiger partial charge on any atom is -0.480 e. The van der Waals surface area contributed by atoms with Crippen LogP contribution in [0.3, 0.4) is 0 Å². The number of carbonyl (C=O) groups excluding carboxylic acids is 1. The molecule has 2 aliphatic rings. The molecule has 25 heavy (non-hydrogen) atoms. The van der Waals surface area contributed by atoms with Crippen LogP contribution in [0, 0.1) is 5.92 Å². The van der Waals surface area contributed by atoms with Gasteiger partial charge in [-0.1, -0.05) is 37.3 Å². The lowest BCUT2D eigenvalue weighted by Gasteiger charge is -2.42. The van der Waals surface area contributed by atoms with Crippen LogP contribution in [0.25, 0.3) is 0 Å². The molecular formula is C19H27N3O3. The molecule has 0 radical (unpaired) electrons. The van der Waals surface area contributed by atoms with E-state index in [2.05, 4.69) is 22.8 Å². The van der Waals surface area contributed by atoms with E-state index in [1.807, 2.05) is 30.0 Å². The molecule has 1 unspecified atom stereocenters. The molecule has 136 valence electrons. The van der Waals surface area contributed by atoms with E-state index in [1.54, 1.807) is 0 Å². The van der Waals surface area contributed by atoms with Crippen molar-refractivity contribution in [3.8, 4) is 0 Å². The molecular weight excluding hydrogens is 318 g/mol. The van der Waals surface area contributed by atoms with Crippen LogP contribution in [0.15, 0.2) is 30.3 Å². The lowest BCUT2D eigenvalue weighted by molar-refractivity contribution is -0.139. The van der Waals surface area contributed by atoms with Gasteiger partial charge < -0.3 is 15.7 Å². The highest BCUT2D eigenvalue weighted by atomic mass is 16.4. The predicted octanol–water partition coefficient (Wildman–Crippen LogP) is 2.37. The molecule has 3 N–H and O–H groups in total. The Labute approximate surface area is 148 Å². The number of benzene rings is 1. The number of carboxylic acids is 1. The van der Waals surface area contributed by atoms with Gasteiger partial charge in [0.1, 0.15) is 0 Å². The van der Waals surface area contributed by atoms with Gasteiger partial charge in [-0.15, -0.1) is 0 Å². The van der Waals surface area contributed by atoms with Crippen LogP contribution in [-0.2, 0) is 4.79 Å². The number of nitrogens with zero attached hydrogens (tertiary/aromatic N) is 1. The fourth-order valence-electron chi connectivity index (χ4n) is 3.61. The van der Waals surface area contributed by atoms with Crippen LogP contribution in [0.1, 0.15) is 44.2 Å². The Morgan fingerprint density at radius 2 is 1.92 bits per heavy atom. The number of urea groups is 1. The van der Waals surface area contributed by atoms with Crippen molar-refractivity contribution in [3.05, 3.63) is 35.9 Å². The normalized spacial score (nSPS) is 23.6. The molecule has 3 rings (SSSR count). The zero-order valence-corrected chi connectivity index (χ0v) is 14.6. The van der Waals surface area contributed by atoms with Gasteiger partial charge in [-0.25, -0.2) is 4.79 Å². The van der Waals surface area contributed by atoms with Gasteiger partial charge in [-0.2, -0.15) is 0 Å². The van der Waals surface area contributed by atoms with Gasteiger partial charge in [0.25, 0.3) is 0 Å². The number of carboxylic acid groups (broad SMARTS) is 1. The van der Waals surface area contributed by atoms with Crippen molar-refractivity contribution >= 4 is 12.0 Å². The number of hydrogen-bond acceptors (Lipinski definition) is 3. The molecule has 2 amide bonds. The SMILES string of the molecule is CCN(CC(=O)O)C1CC(NC(=O)NC(c2ccccc2)C2CC2)C1. The summed E-state index contributed by atoms with van der Waals surface area (Å²) in [6, 6.07) is 10.5. The van der Waals surface area contributed by atoms with E-state index in [9.17, 15) is 9.59 Å². The van der Waals surface area contributed by atoms with Crippen molar-refractivity contribution in [3.63, 3.8) is 0 Å². The molecule has 1 aromatic carbocycles. The minimum atomic E-state index is -0.800. The average molecular weight is 345 g/mol. The van der Waals surface area contributed by atoms with E-state index in [0.29, 0.717) is 12.5 Å². The second-order valence-corrected chi connectivity index (χ2v) is 7.12. The number of hydrogen-bond donors (Lipinski definition) is 3. The molecule has 2 aliphatic carbocycles. The fourth-order valence-corrected chi connectivity index (χ4v) is 3.61. The molecule has 0 spiro atoms. The summed E-state index contributed by atoms with van der Waals surface area (Å²) in [5.41, 5.74) is 1.16. The lowest BCUT2D eigenvalue weighted by atomic mass is 9.85. The highest BCUT2D eigenvalue weighted by Gasteiger charge is 2.37. The first-order chi connectivity index (χ1) is 12.1. The Hall–Kier alpha value is -2.08. The van der Waals surface area contributed by atoms with Gasteiger partial charge in [-0.05, 0) is 43.7 Å². The van der Waals surface area contributed by atoms with Crippen LogP contribution < -0.4 is 10.6 Å². The van der Waals surface area contributed by atoms with Gasteiger partial charge in [-0.3, -0.25) is 9.69 Å². The van der Waals surface area contributed by atoms with E-state index in [1.165, 1.54) is 0 Å². The van der Waals surface area contributed by atoms with Crippen molar-refractivity contribution < 1.29 is 14.7 Å². The molecule has 6 nitrogen and oxygen atoms in total. The van der Waals surface area contributed by atoms with Crippen molar-refractivity contribution in [2.24, 2.45) is 5.92 Å². The lowest BCUT2D eigenvalue weighted by Crippen LogP contribution is -2.56. The standard InChI is InChI=1S/C19H27N3O3/c1-2-22(12-17(23)24)16-10-15(11-16)20-19(25)21-18(14-8-9-14)13-6-4-3-5-7-13/h3-7,14-16,18H,2,8-12H2,1H3,(H,23,24)(H2,20,21,25). The van der Waals surface area contributed by atoms with E-state index >= 15 is 0 Å². The van der Waals surface area contributed by atoms with E-state index in [-0.39, 0.29) is 30.7 Å². The second kappa shape index (κ2) is 7.87. The maximum Gasteiger partial charge on any atom is 0.317 e. The van der Waals surface area contributed by atoms with Gasteiger partial charge in [0.2, 0.25) is 0 Å². The number of rotatable bonds is 8. The fraction of sp³-hybridized carbons (Fsp3) is 0.579. The predicted molar refractivity (Wildman–Crippen MR) is 95.3 cm³/mol. The summed E-state index contributed by atoms with van der Waals surface area (Å²) >= 11 is 0. The van der Waals surface area contributed by atoms with Gasteiger partial charge in [0.15, 0.2) is 0 Å². The maximum absolute atomic E-state index is 12.4. The number of carbonyl (C=O) groups is 2.